The standard InChI is InChI=1S/C20H22N2O5S/c1-3-22(11-14-5-7-18-19(9-14)26-13-25-18)12-20-21-16-10-15(28(23,24)4-2)6-8-17(16)27-20/h5-10H,3-4,11-13H2,1-2H3. The molecule has 0 amide bonds. The predicted molar refractivity (Wildman–Crippen MR) is 104 cm³/mol. The molecule has 0 N–H and O–H groups in total. The summed E-state index contributed by atoms with van der Waals surface area (Å²) in [6.45, 7) is 6.00. The molecule has 0 unspecified atom stereocenters. The van der Waals surface area contributed by atoms with Gasteiger partial charge in [0.1, 0.15) is 5.52 Å². The van der Waals surface area contributed by atoms with Gasteiger partial charge in [0.2, 0.25) is 12.7 Å². The van der Waals surface area contributed by atoms with Crippen LogP contribution in [0, 0.1) is 0 Å². The van der Waals surface area contributed by atoms with Crippen molar-refractivity contribution in [2.75, 3.05) is 19.1 Å². The minimum Gasteiger partial charge on any atom is -0.454 e. The monoisotopic (exact) mass is 402 g/mol. The van der Waals surface area contributed by atoms with Crippen LogP contribution in [0.4, 0.5) is 0 Å². The molecule has 0 saturated carbocycles. The van der Waals surface area contributed by atoms with Crippen LogP contribution in [0.2, 0.25) is 0 Å². The summed E-state index contributed by atoms with van der Waals surface area (Å²) in [5.74, 6) is 2.15. The number of fused-ring (bicyclic) bond motifs is 2. The minimum absolute atomic E-state index is 0.0579. The molecule has 8 heteroatoms. The Bertz CT molecular complexity index is 1110. The topological polar surface area (TPSA) is 81.9 Å². The summed E-state index contributed by atoms with van der Waals surface area (Å²) in [6, 6.07) is 10.7. The number of nitrogens with zero attached hydrogens (tertiary/aromatic N) is 2. The SMILES string of the molecule is CCN(Cc1ccc2c(c1)OCO2)Cc1nc2cc(S(=O)(=O)CC)ccc2o1. The highest BCUT2D eigenvalue weighted by Gasteiger charge is 2.17. The van der Waals surface area contributed by atoms with Crippen molar-refractivity contribution < 1.29 is 22.3 Å². The molecular weight excluding hydrogens is 380 g/mol. The fourth-order valence-electron chi connectivity index (χ4n) is 3.15. The van der Waals surface area contributed by atoms with E-state index in [1.54, 1.807) is 25.1 Å². The molecule has 28 heavy (non-hydrogen) atoms. The zero-order valence-corrected chi connectivity index (χ0v) is 16.7. The summed E-state index contributed by atoms with van der Waals surface area (Å²) in [6.07, 6.45) is 0. The summed E-state index contributed by atoms with van der Waals surface area (Å²) in [5, 5.41) is 0. The van der Waals surface area contributed by atoms with Gasteiger partial charge >= 0.3 is 0 Å². The van der Waals surface area contributed by atoms with Crippen molar-refractivity contribution in [1.29, 1.82) is 0 Å². The average Bonchev–Trinajstić information content (AvgIpc) is 3.32. The molecule has 2 heterocycles. The number of aromatic nitrogens is 1. The number of benzene rings is 2. The van der Waals surface area contributed by atoms with Crippen molar-refractivity contribution in [2.24, 2.45) is 0 Å². The second kappa shape index (κ2) is 7.44. The number of sulfone groups is 1. The van der Waals surface area contributed by atoms with Gasteiger partial charge in [-0.05, 0) is 42.4 Å². The number of oxazole rings is 1. The Kier molecular flexibility index (Phi) is 4.99. The summed E-state index contributed by atoms with van der Waals surface area (Å²) >= 11 is 0. The minimum atomic E-state index is -3.27. The predicted octanol–water partition coefficient (Wildman–Crippen LogP) is 3.37. The number of hydrogen-bond acceptors (Lipinski definition) is 7. The van der Waals surface area contributed by atoms with E-state index < -0.39 is 9.84 Å². The van der Waals surface area contributed by atoms with E-state index in [0.717, 1.165) is 23.6 Å². The van der Waals surface area contributed by atoms with Crippen molar-refractivity contribution >= 4 is 20.9 Å². The van der Waals surface area contributed by atoms with Gasteiger partial charge in [0.05, 0.1) is 17.2 Å². The van der Waals surface area contributed by atoms with E-state index in [1.165, 1.54) is 0 Å². The smallest absolute Gasteiger partial charge is 0.231 e. The summed E-state index contributed by atoms with van der Waals surface area (Å²) in [7, 11) is -3.27. The Balaban J connectivity index is 1.52. The molecule has 0 aliphatic carbocycles. The van der Waals surface area contributed by atoms with Gasteiger partial charge in [-0.25, -0.2) is 13.4 Å². The fraction of sp³-hybridized carbons (Fsp3) is 0.350. The number of hydrogen-bond donors (Lipinski definition) is 0. The zero-order chi connectivity index (χ0) is 19.7. The Morgan fingerprint density at radius 3 is 2.64 bits per heavy atom. The molecule has 1 aliphatic heterocycles. The molecule has 1 aromatic heterocycles. The third-order valence-corrected chi connectivity index (χ3v) is 6.52. The molecule has 0 spiro atoms. The Morgan fingerprint density at radius 2 is 1.86 bits per heavy atom. The second-order valence-electron chi connectivity index (χ2n) is 6.63. The van der Waals surface area contributed by atoms with Gasteiger partial charge in [0.15, 0.2) is 26.9 Å². The Morgan fingerprint density at radius 1 is 1.04 bits per heavy atom. The molecule has 1 aliphatic rings. The largest absolute Gasteiger partial charge is 0.454 e. The van der Waals surface area contributed by atoms with E-state index in [4.69, 9.17) is 13.9 Å². The Labute approximate surface area is 163 Å². The molecule has 0 saturated heterocycles. The van der Waals surface area contributed by atoms with Gasteiger partial charge in [-0.15, -0.1) is 0 Å². The van der Waals surface area contributed by atoms with E-state index in [0.29, 0.717) is 30.1 Å². The van der Waals surface area contributed by atoms with Gasteiger partial charge in [0, 0.05) is 6.54 Å². The van der Waals surface area contributed by atoms with E-state index in [1.807, 2.05) is 18.2 Å². The van der Waals surface area contributed by atoms with Gasteiger partial charge in [0.25, 0.3) is 0 Å². The maximum atomic E-state index is 12.1. The Hall–Kier alpha value is -2.58. The lowest BCUT2D eigenvalue weighted by Gasteiger charge is -2.18. The molecule has 0 bridgehead atoms. The van der Waals surface area contributed by atoms with Gasteiger partial charge in [-0.2, -0.15) is 0 Å². The summed E-state index contributed by atoms with van der Waals surface area (Å²) < 4.78 is 40.8. The first-order valence-corrected chi connectivity index (χ1v) is 10.9. The lowest BCUT2D eigenvalue weighted by molar-refractivity contribution is 0.174. The highest BCUT2D eigenvalue weighted by molar-refractivity contribution is 7.91. The van der Waals surface area contributed by atoms with Crippen molar-refractivity contribution in [3.8, 4) is 11.5 Å². The molecule has 2 aromatic carbocycles. The van der Waals surface area contributed by atoms with Crippen molar-refractivity contribution in [1.82, 2.24) is 9.88 Å². The molecule has 3 aromatic rings. The zero-order valence-electron chi connectivity index (χ0n) is 15.8. The van der Waals surface area contributed by atoms with Crippen molar-refractivity contribution in [3.05, 3.63) is 47.9 Å². The van der Waals surface area contributed by atoms with Crippen LogP contribution in [0.3, 0.4) is 0 Å². The number of ether oxygens (including phenoxy) is 2. The molecule has 4 rings (SSSR count). The van der Waals surface area contributed by atoms with E-state index in [9.17, 15) is 8.42 Å². The van der Waals surface area contributed by atoms with Crippen LogP contribution in [-0.4, -0.2) is 37.4 Å². The molecule has 0 fully saturated rings. The van der Waals surface area contributed by atoms with Crippen LogP contribution in [0.25, 0.3) is 11.1 Å². The van der Waals surface area contributed by atoms with E-state index in [2.05, 4.69) is 16.8 Å². The quantitative estimate of drug-likeness (QED) is 0.599. The highest BCUT2D eigenvalue weighted by atomic mass is 32.2. The van der Waals surface area contributed by atoms with Gasteiger partial charge in [-0.1, -0.05) is 19.9 Å². The normalized spacial score (nSPS) is 13.5. The highest BCUT2D eigenvalue weighted by Crippen LogP contribution is 2.33. The molecule has 148 valence electrons. The van der Waals surface area contributed by atoms with Crippen LogP contribution < -0.4 is 9.47 Å². The molecular formula is C20H22N2O5S. The third kappa shape index (κ3) is 3.70. The fourth-order valence-corrected chi connectivity index (χ4v) is 4.05. The van der Waals surface area contributed by atoms with E-state index >= 15 is 0 Å². The van der Waals surface area contributed by atoms with Crippen molar-refractivity contribution in [2.45, 2.75) is 31.8 Å². The lowest BCUT2D eigenvalue weighted by atomic mass is 10.2. The second-order valence-corrected chi connectivity index (χ2v) is 8.91. The maximum absolute atomic E-state index is 12.1. The first kappa shape index (κ1) is 18.8. The van der Waals surface area contributed by atoms with Crippen LogP contribution >= 0.6 is 0 Å². The molecule has 7 nitrogen and oxygen atoms in total. The van der Waals surface area contributed by atoms with Gasteiger partial charge in [-0.3, -0.25) is 4.90 Å². The summed E-state index contributed by atoms with van der Waals surface area (Å²) in [5.41, 5.74) is 2.26. The number of rotatable bonds is 7. The third-order valence-electron chi connectivity index (χ3n) is 4.79. The van der Waals surface area contributed by atoms with Crippen LogP contribution in [0.5, 0.6) is 11.5 Å². The van der Waals surface area contributed by atoms with Gasteiger partial charge < -0.3 is 13.9 Å². The molecule has 0 atom stereocenters. The summed E-state index contributed by atoms with van der Waals surface area (Å²) in [4.78, 5) is 6.95. The van der Waals surface area contributed by atoms with E-state index in [-0.39, 0.29) is 17.4 Å². The van der Waals surface area contributed by atoms with Crippen molar-refractivity contribution in [3.63, 3.8) is 0 Å². The first-order valence-electron chi connectivity index (χ1n) is 9.21. The van der Waals surface area contributed by atoms with Crippen LogP contribution in [0.1, 0.15) is 25.3 Å². The first-order chi connectivity index (χ1) is 13.5. The maximum Gasteiger partial charge on any atom is 0.231 e. The lowest BCUT2D eigenvalue weighted by Crippen LogP contribution is -2.22. The van der Waals surface area contributed by atoms with Crippen LogP contribution in [-0.2, 0) is 22.9 Å². The van der Waals surface area contributed by atoms with Crippen LogP contribution in [0.15, 0.2) is 45.7 Å². The molecule has 0 radical (unpaired) electrons. The average molecular weight is 402 g/mol.